The normalized spacial score (nSPS) is 18.4. The van der Waals surface area contributed by atoms with E-state index >= 15 is 0 Å². The minimum atomic E-state index is -2.99. The first-order chi connectivity index (χ1) is 12.4. The zero-order valence-electron chi connectivity index (χ0n) is 13.9. The van der Waals surface area contributed by atoms with Gasteiger partial charge in [0.1, 0.15) is 0 Å². The van der Waals surface area contributed by atoms with Crippen LogP contribution >= 0.6 is 11.6 Å². The molecule has 1 unspecified atom stereocenters. The van der Waals surface area contributed by atoms with Crippen LogP contribution in [0.2, 0.25) is 5.02 Å². The molecule has 3 rings (SSSR count). The Morgan fingerprint density at radius 2 is 1.69 bits per heavy atom. The maximum atomic E-state index is 12.7. The summed E-state index contributed by atoms with van der Waals surface area (Å²) in [5, 5.41) is 3.28. The fourth-order valence-corrected chi connectivity index (χ4v) is 4.99. The number of rotatable bonds is 5. The molecule has 1 N–H and O–H groups in total. The number of nitrogens with one attached hydrogen (secondary N) is 1. The largest absolute Gasteiger partial charge is 0.352 e. The lowest BCUT2D eigenvalue weighted by Crippen LogP contribution is -2.31. The molecule has 5 nitrogen and oxygen atoms in total. The standard InChI is InChI=1S/C19H18ClNO4S/c20-15-7-5-14(6-8-15)18(22)16-3-1-2-4-17(16)19(23)21-11-13-9-10-26(24,25)12-13/h1-8,13H,9-12H2,(H,21,23). The second-order valence-electron chi connectivity index (χ2n) is 6.36. The average Bonchev–Trinajstić information content (AvgIpc) is 2.98. The van der Waals surface area contributed by atoms with Crippen LogP contribution in [-0.2, 0) is 9.84 Å². The van der Waals surface area contributed by atoms with Crippen molar-refractivity contribution in [2.75, 3.05) is 18.1 Å². The third kappa shape index (κ3) is 4.31. The van der Waals surface area contributed by atoms with Gasteiger partial charge in [-0.15, -0.1) is 0 Å². The summed E-state index contributed by atoms with van der Waals surface area (Å²) < 4.78 is 23.0. The highest BCUT2D eigenvalue weighted by molar-refractivity contribution is 7.91. The van der Waals surface area contributed by atoms with Gasteiger partial charge in [-0.1, -0.05) is 29.8 Å². The zero-order chi connectivity index (χ0) is 18.7. The van der Waals surface area contributed by atoms with Crippen LogP contribution in [0.5, 0.6) is 0 Å². The highest BCUT2D eigenvalue weighted by Gasteiger charge is 2.28. The molecule has 0 saturated carbocycles. The lowest BCUT2D eigenvalue weighted by Gasteiger charge is -2.12. The van der Waals surface area contributed by atoms with Crippen LogP contribution in [-0.4, -0.2) is 38.2 Å². The molecular weight excluding hydrogens is 374 g/mol. The van der Waals surface area contributed by atoms with Crippen molar-refractivity contribution in [2.24, 2.45) is 5.92 Å². The Labute approximate surface area is 157 Å². The molecule has 26 heavy (non-hydrogen) atoms. The van der Waals surface area contributed by atoms with Gasteiger partial charge < -0.3 is 5.32 Å². The van der Waals surface area contributed by atoms with Gasteiger partial charge >= 0.3 is 0 Å². The minimum Gasteiger partial charge on any atom is -0.352 e. The van der Waals surface area contributed by atoms with E-state index in [0.29, 0.717) is 22.6 Å². The van der Waals surface area contributed by atoms with Crippen LogP contribution in [0.4, 0.5) is 0 Å². The first-order valence-corrected chi connectivity index (χ1v) is 10.4. The Morgan fingerprint density at radius 3 is 2.31 bits per heavy atom. The lowest BCUT2D eigenvalue weighted by atomic mass is 9.97. The van der Waals surface area contributed by atoms with E-state index in [1.807, 2.05) is 0 Å². The van der Waals surface area contributed by atoms with E-state index in [1.165, 1.54) is 0 Å². The van der Waals surface area contributed by atoms with Gasteiger partial charge in [0.15, 0.2) is 15.6 Å². The van der Waals surface area contributed by atoms with Crippen LogP contribution < -0.4 is 5.32 Å². The van der Waals surface area contributed by atoms with Gasteiger partial charge in [-0.05, 0) is 42.7 Å². The highest BCUT2D eigenvalue weighted by atomic mass is 35.5. The fraction of sp³-hybridized carbons (Fsp3) is 0.263. The number of benzene rings is 2. The van der Waals surface area contributed by atoms with Crippen molar-refractivity contribution in [3.05, 3.63) is 70.2 Å². The van der Waals surface area contributed by atoms with E-state index in [1.54, 1.807) is 48.5 Å². The molecule has 1 amide bonds. The molecular formula is C19H18ClNO4S. The number of amides is 1. The van der Waals surface area contributed by atoms with Crippen molar-refractivity contribution >= 4 is 33.1 Å². The molecule has 1 saturated heterocycles. The number of carbonyl (C=O) groups excluding carboxylic acids is 2. The van der Waals surface area contributed by atoms with Crippen LogP contribution in [0.15, 0.2) is 48.5 Å². The third-order valence-electron chi connectivity index (χ3n) is 4.40. The van der Waals surface area contributed by atoms with Crippen molar-refractivity contribution in [1.82, 2.24) is 5.32 Å². The van der Waals surface area contributed by atoms with E-state index in [-0.39, 0.29) is 41.2 Å². The zero-order valence-corrected chi connectivity index (χ0v) is 15.5. The Bertz CT molecular complexity index is 938. The summed E-state index contributed by atoms with van der Waals surface area (Å²) >= 11 is 5.85. The molecule has 1 atom stereocenters. The van der Waals surface area contributed by atoms with Crippen molar-refractivity contribution in [2.45, 2.75) is 6.42 Å². The number of ketones is 1. The van der Waals surface area contributed by atoms with Crippen LogP contribution in [0.25, 0.3) is 0 Å². The maximum Gasteiger partial charge on any atom is 0.252 e. The summed E-state index contributed by atoms with van der Waals surface area (Å²) in [5.74, 6) is -0.469. The van der Waals surface area contributed by atoms with Gasteiger partial charge in [-0.2, -0.15) is 0 Å². The number of hydrogen-bond donors (Lipinski definition) is 1. The van der Waals surface area contributed by atoms with Crippen molar-refractivity contribution in [1.29, 1.82) is 0 Å². The minimum absolute atomic E-state index is 0.0805. The Kier molecular flexibility index (Phi) is 5.44. The second-order valence-corrected chi connectivity index (χ2v) is 9.03. The number of hydrogen-bond acceptors (Lipinski definition) is 4. The van der Waals surface area contributed by atoms with Gasteiger partial charge in [0.2, 0.25) is 0 Å². The van der Waals surface area contributed by atoms with E-state index in [2.05, 4.69) is 5.32 Å². The molecule has 0 radical (unpaired) electrons. The van der Waals surface area contributed by atoms with Crippen LogP contribution in [0.3, 0.4) is 0 Å². The quantitative estimate of drug-likeness (QED) is 0.794. The molecule has 7 heteroatoms. The molecule has 136 valence electrons. The summed E-state index contributed by atoms with van der Waals surface area (Å²) in [6.07, 6.45) is 0.550. The number of carbonyl (C=O) groups is 2. The van der Waals surface area contributed by atoms with Crippen LogP contribution in [0.1, 0.15) is 32.7 Å². The van der Waals surface area contributed by atoms with Crippen molar-refractivity contribution < 1.29 is 18.0 Å². The molecule has 1 fully saturated rings. The second kappa shape index (κ2) is 7.60. The molecule has 1 heterocycles. The SMILES string of the molecule is O=C(NCC1CCS(=O)(=O)C1)c1ccccc1C(=O)c1ccc(Cl)cc1. The van der Waals surface area contributed by atoms with Gasteiger partial charge in [0.05, 0.1) is 17.1 Å². The molecule has 2 aromatic carbocycles. The van der Waals surface area contributed by atoms with Gasteiger partial charge in [-0.25, -0.2) is 8.42 Å². The molecule has 0 aromatic heterocycles. The Hall–Kier alpha value is -2.18. The molecule has 0 aliphatic carbocycles. The summed E-state index contributed by atoms with van der Waals surface area (Å²) in [4.78, 5) is 25.3. The Morgan fingerprint density at radius 1 is 1.04 bits per heavy atom. The lowest BCUT2D eigenvalue weighted by molar-refractivity contribution is 0.0937. The van der Waals surface area contributed by atoms with Gasteiger partial charge in [0.25, 0.3) is 5.91 Å². The van der Waals surface area contributed by atoms with Crippen molar-refractivity contribution in [3.63, 3.8) is 0 Å². The van der Waals surface area contributed by atoms with E-state index in [9.17, 15) is 18.0 Å². The summed E-state index contributed by atoms with van der Waals surface area (Å²) in [6, 6.07) is 13.0. The first-order valence-electron chi connectivity index (χ1n) is 8.23. The summed E-state index contributed by atoms with van der Waals surface area (Å²) in [7, 11) is -2.99. The molecule has 1 aliphatic rings. The molecule has 1 aliphatic heterocycles. The van der Waals surface area contributed by atoms with E-state index in [0.717, 1.165) is 0 Å². The van der Waals surface area contributed by atoms with Gasteiger partial charge in [-0.3, -0.25) is 9.59 Å². The van der Waals surface area contributed by atoms with E-state index < -0.39 is 9.84 Å². The predicted molar refractivity (Wildman–Crippen MR) is 100 cm³/mol. The average molecular weight is 392 g/mol. The summed E-state index contributed by atoms with van der Waals surface area (Å²) in [5.41, 5.74) is 1.01. The number of halogens is 1. The topological polar surface area (TPSA) is 80.3 Å². The predicted octanol–water partition coefficient (Wildman–Crippen LogP) is 2.74. The first kappa shape index (κ1) is 18.6. The monoisotopic (exact) mass is 391 g/mol. The van der Waals surface area contributed by atoms with Crippen LogP contribution in [0, 0.1) is 5.92 Å². The fourth-order valence-electron chi connectivity index (χ4n) is 3.00. The molecule has 0 bridgehead atoms. The number of sulfone groups is 1. The highest BCUT2D eigenvalue weighted by Crippen LogP contribution is 2.19. The molecule has 0 spiro atoms. The maximum absolute atomic E-state index is 12.7. The van der Waals surface area contributed by atoms with Crippen molar-refractivity contribution in [3.8, 4) is 0 Å². The van der Waals surface area contributed by atoms with Gasteiger partial charge in [0, 0.05) is 22.7 Å². The smallest absolute Gasteiger partial charge is 0.252 e. The summed E-state index contributed by atoms with van der Waals surface area (Å²) in [6.45, 7) is 0.279. The molecule has 2 aromatic rings. The van der Waals surface area contributed by atoms with E-state index in [4.69, 9.17) is 11.6 Å². The Balaban J connectivity index is 1.75. The third-order valence-corrected chi connectivity index (χ3v) is 6.49.